The van der Waals surface area contributed by atoms with Crippen LogP contribution in [0.3, 0.4) is 0 Å². The minimum absolute atomic E-state index is 0.0425. The van der Waals surface area contributed by atoms with Crippen LogP contribution in [-0.2, 0) is 25.7 Å². The largest absolute Gasteiger partial charge is 0.350 e. The van der Waals surface area contributed by atoms with E-state index in [4.69, 9.17) is 17.0 Å². The van der Waals surface area contributed by atoms with Crippen LogP contribution < -0.4 is 16.0 Å². The lowest BCUT2D eigenvalue weighted by molar-refractivity contribution is -0.132. The van der Waals surface area contributed by atoms with Crippen molar-refractivity contribution in [1.29, 1.82) is 5.41 Å². The number of hydrogen-bond acceptors (Lipinski definition) is 5. The Morgan fingerprint density at radius 1 is 1.03 bits per heavy atom. The fourth-order valence-corrected chi connectivity index (χ4v) is 2.89. The smallest absolute Gasteiger partial charge is 0.243 e. The molecule has 9 heteroatoms. The lowest BCUT2D eigenvalue weighted by Crippen LogP contribution is -2.53. The van der Waals surface area contributed by atoms with Crippen LogP contribution in [0.5, 0.6) is 0 Å². The summed E-state index contributed by atoms with van der Waals surface area (Å²) < 4.78 is 0. The van der Waals surface area contributed by atoms with Crippen LogP contribution in [-0.4, -0.2) is 41.8 Å². The van der Waals surface area contributed by atoms with Gasteiger partial charge in [-0.25, -0.2) is 0 Å². The Hall–Kier alpha value is -2.74. The van der Waals surface area contributed by atoms with Crippen molar-refractivity contribution < 1.29 is 19.2 Å². The van der Waals surface area contributed by atoms with Crippen LogP contribution in [0.4, 0.5) is 0 Å². The molecule has 0 fully saturated rings. The Bertz CT molecular complexity index is 765. The second-order valence-electron chi connectivity index (χ2n) is 7.44. The highest BCUT2D eigenvalue weighted by Crippen LogP contribution is 2.10. The highest BCUT2D eigenvalue weighted by Gasteiger charge is 2.27. The molecule has 1 aromatic carbocycles. The molecule has 0 radical (unpaired) electrons. The number of benzene rings is 1. The summed E-state index contributed by atoms with van der Waals surface area (Å²) in [6.07, 6.45) is 1.08. The molecule has 0 aliphatic rings. The average Bonchev–Trinajstić information content (AvgIpc) is 2.68. The first kappa shape index (κ1) is 25.3. The van der Waals surface area contributed by atoms with Gasteiger partial charge in [0.25, 0.3) is 0 Å². The van der Waals surface area contributed by atoms with E-state index in [2.05, 4.69) is 16.0 Å². The maximum Gasteiger partial charge on any atom is 0.243 e. The molecule has 0 saturated heterocycles. The summed E-state index contributed by atoms with van der Waals surface area (Å²) in [5.74, 6) is -1.60. The van der Waals surface area contributed by atoms with Crippen LogP contribution >= 0.6 is 11.6 Å². The Labute approximate surface area is 181 Å². The van der Waals surface area contributed by atoms with Gasteiger partial charge in [-0.05, 0) is 36.5 Å². The molecule has 8 nitrogen and oxygen atoms in total. The van der Waals surface area contributed by atoms with E-state index in [0.29, 0.717) is 17.7 Å². The van der Waals surface area contributed by atoms with Gasteiger partial charge < -0.3 is 21.4 Å². The molecule has 3 amide bonds. The molecule has 1 aromatic rings. The van der Waals surface area contributed by atoms with E-state index in [1.54, 1.807) is 24.3 Å². The van der Waals surface area contributed by atoms with Crippen LogP contribution in [0.15, 0.2) is 24.3 Å². The molecule has 4 N–H and O–H groups in total. The second kappa shape index (κ2) is 12.7. The molecule has 2 atom stereocenters. The standard InChI is InChI=1S/C21H29ClN4O4/c1-13(2)10-19(25-14(3)27)21(30)26-18(9-8-17(28)11-23)20(29)24-12-15-4-6-16(22)7-5-15/h4-7,11,13,18-19,23H,8-10,12H2,1-3H3,(H,24,29)(H,25,27)(H,26,30)/t18-,19-/m0/s1. The minimum atomic E-state index is -0.975. The van der Waals surface area contributed by atoms with E-state index in [0.717, 1.165) is 5.56 Å². The highest BCUT2D eigenvalue weighted by molar-refractivity contribution is 6.30. The SMILES string of the molecule is CC(=O)N[C@@H](CC(C)C)C(=O)N[C@@H](CCC(=O)C=N)C(=O)NCc1ccc(Cl)cc1. The molecule has 164 valence electrons. The summed E-state index contributed by atoms with van der Waals surface area (Å²) in [6.45, 7) is 5.38. The number of ketones is 1. The zero-order valence-corrected chi connectivity index (χ0v) is 18.2. The summed E-state index contributed by atoms with van der Waals surface area (Å²) in [7, 11) is 0. The molecule has 0 aliphatic heterocycles. The van der Waals surface area contributed by atoms with Crippen molar-refractivity contribution in [2.75, 3.05) is 0 Å². The number of rotatable bonds is 12. The fraction of sp³-hybridized carbons (Fsp3) is 0.476. The molecule has 0 heterocycles. The molecule has 0 unspecified atom stereocenters. The number of Topliss-reactive ketones (excluding diaryl/α,β-unsaturated/α-hetero) is 1. The van der Waals surface area contributed by atoms with E-state index < -0.39 is 29.7 Å². The van der Waals surface area contributed by atoms with Gasteiger partial charge in [0.2, 0.25) is 17.7 Å². The maximum absolute atomic E-state index is 12.7. The average molecular weight is 437 g/mol. The first-order valence-corrected chi connectivity index (χ1v) is 10.1. The first-order valence-electron chi connectivity index (χ1n) is 9.75. The number of hydrogen-bond donors (Lipinski definition) is 4. The van der Waals surface area contributed by atoms with E-state index in [-0.39, 0.29) is 31.2 Å². The number of halogens is 1. The van der Waals surface area contributed by atoms with Gasteiger partial charge in [0.05, 0.1) is 6.21 Å². The van der Waals surface area contributed by atoms with Gasteiger partial charge in [0, 0.05) is 24.9 Å². The molecular formula is C21H29ClN4O4. The summed E-state index contributed by atoms with van der Waals surface area (Å²) in [5, 5.41) is 15.6. The van der Waals surface area contributed by atoms with Crippen molar-refractivity contribution in [1.82, 2.24) is 16.0 Å². The lowest BCUT2D eigenvalue weighted by atomic mass is 10.0. The Kier molecular flexibility index (Phi) is 10.7. The van der Waals surface area contributed by atoms with E-state index in [9.17, 15) is 19.2 Å². The third kappa shape index (κ3) is 9.65. The van der Waals surface area contributed by atoms with Crippen molar-refractivity contribution in [2.24, 2.45) is 5.92 Å². The van der Waals surface area contributed by atoms with Gasteiger partial charge in [0.1, 0.15) is 12.1 Å². The fourth-order valence-electron chi connectivity index (χ4n) is 2.76. The molecule has 0 spiro atoms. The van der Waals surface area contributed by atoms with E-state index in [1.807, 2.05) is 13.8 Å². The van der Waals surface area contributed by atoms with Gasteiger partial charge in [-0.3, -0.25) is 19.2 Å². The molecule has 30 heavy (non-hydrogen) atoms. The lowest BCUT2D eigenvalue weighted by Gasteiger charge is -2.23. The number of carbonyl (C=O) groups excluding carboxylic acids is 4. The quantitative estimate of drug-likeness (QED) is 0.373. The van der Waals surface area contributed by atoms with Gasteiger partial charge in [-0.1, -0.05) is 37.6 Å². The number of nitrogens with one attached hydrogen (secondary N) is 4. The molecule has 0 aliphatic carbocycles. The second-order valence-corrected chi connectivity index (χ2v) is 7.87. The molecule has 0 aromatic heterocycles. The van der Waals surface area contributed by atoms with Crippen molar-refractivity contribution >= 4 is 41.3 Å². The number of carbonyl (C=O) groups is 4. The normalized spacial score (nSPS) is 12.6. The Morgan fingerprint density at radius 2 is 1.67 bits per heavy atom. The summed E-state index contributed by atoms with van der Waals surface area (Å²) in [5.41, 5.74) is 0.823. The van der Waals surface area contributed by atoms with Gasteiger partial charge >= 0.3 is 0 Å². The van der Waals surface area contributed by atoms with E-state index in [1.165, 1.54) is 6.92 Å². The van der Waals surface area contributed by atoms with Crippen molar-refractivity contribution in [3.63, 3.8) is 0 Å². The highest BCUT2D eigenvalue weighted by atomic mass is 35.5. The van der Waals surface area contributed by atoms with Crippen molar-refractivity contribution in [3.8, 4) is 0 Å². The van der Waals surface area contributed by atoms with Crippen LogP contribution in [0.2, 0.25) is 5.02 Å². The zero-order valence-electron chi connectivity index (χ0n) is 17.5. The third-order valence-electron chi connectivity index (χ3n) is 4.25. The summed E-state index contributed by atoms with van der Waals surface area (Å²) in [4.78, 5) is 48.3. The van der Waals surface area contributed by atoms with Crippen LogP contribution in [0.25, 0.3) is 0 Å². The predicted octanol–water partition coefficient (Wildman–Crippen LogP) is 1.99. The zero-order chi connectivity index (χ0) is 22.7. The third-order valence-corrected chi connectivity index (χ3v) is 4.51. The number of amides is 3. The van der Waals surface area contributed by atoms with Crippen molar-refractivity contribution in [2.45, 2.75) is 58.7 Å². The van der Waals surface area contributed by atoms with Gasteiger partial charge in [-0.15, -0.1) is 0 Å². The van der Waals surface area contributed by atoms with Crippen LogP contribution in [0, 0.1) is 11.3 Å². The van der Waals surface area contributed by atoms with Crippen molar-refractivity contribution in [3.05, 3.63) is 34.9 Å². The van der Waals surface area contributed by atoms with Gasteiger partial charge in [-0.2, -0.15) is 0 Å². The maximum atomic E-state index is 12.7. The van der Waals surface area contributed by atoms with E-state index >= 15 is 0 Å². The monoisotopic (exact) mass is 436 g/mol. The Morgan fingerprint density at radius 3 is 2.20 bits per heavy atom. The summed E-state index contributed by atoms with van der Waals surface area (Å²) in [6, 6.07) is 5.18. The molecular weight excluding hydrogens is 408 g/mol. The molecule has 0 saturated carbocycles. The topological polar surface area (TPSA) is 128 Å². The molecule has 1 rings (SSSR count). The predicted molar refractivity (Wildman–Crippen MR) is 115 cm³/mol. The first-order chi connectivity index (χ1) is 14.1. The van der Waals surface area contributed by atoms with Crippen LogP contribution in [0.1, 0.15) is 45.6 Å². The molecule has 0 bridgehead atoms. The summed E-state index contributed by atoms with van der Waals surface area (Å²) >= 11 is 5.85. The Balaban J connectivity index is 2.85. The minimum Gasteiger partial charge on any atom is -0.350 e. The van der Waals surface area contributed by atoms with Gasteiger partial charge in [0.15, 0.2) is 5.78 Å².